The molecule has 0 aliphatic carbocycles. The van der Waals surface area contributed by atoms with Gasteiger partial charge >= 0.3 is 0 Å². The van der Waals surface area contributed by atoms with Crippen LogP contribution in [0.2, 0.25) is 12.6 Å². The van der Waals surface area contributed by atoms with Crippen molar-refractivity contribution in [2.75, 3.05) is 6.54 Å². The smallest absolute Gasteiger partial charge is 0.180 e. The van der Waals surface area contributed by atoms with E-state index in [1.807, 2.05) is 0 Å². The van der Waals surface area contributed by atoms with Crippen molar-refractivity contribution in [3.63, 3.8) is 0 Å². The third kappa shape index (κ3) is 4.30. The van der Waals surface area contributed by atoms with Gasteiger partial charge in [0.05, 0.1) is 0 Å². The van der Waals surface area contributed by atoms with E-state index in [-0.39, 0.29) is 0 Å². The largest absolute Gasteiger partial charge is 0.463 e. The molecule has 0 saturated heterocycles. The van der Waals surface area contributed by atoms with Crippen LogP contribution in [0.5, 0.6) is 0 Å². The van der Waals surface area contributed by atoms with E-state index in [4.69, 9.17) is 9.85 Å². The molecule has 0 heterocycles. The lowest BCUT2D eigenvalue weighted by molar-refractivity contribution is 0.586. The number of hydrogen-bond acceptors (Lipinski definition) is 2. The fraction of sp³-hybridized carbons (Fsp3) is 0.455. The quantitative estimate of drug-likeness (QED) is 0.752. The van der Waals surface area contributed by atoms with Crippen molar-refractivity contribution < 1.29 is 4.12 Å². The highest BCUT2D eigenvalue weighted by Gasteiger charge is 2.26. The Balaban J connectivity index is 2.59. The van der Waals surface area contributed by atoms with Crippen molar-refractivity contribution in [1.82, 2.24) is 0 Å². The maximum Gasteiger partial charge on any atom is 0.180 e. The van der Waals surface area contributed by atoms with Crippen LogP contribution in [0.3, 0.4) is 0 Å². The van der Waals surface area contributed by atoms with Gasteiger partial charge in [0.15, 0.2) is 8.32 Å². The summed E-state index contributed by atoms with van der Waals surface area (Å²) in [7, 11) is -0.658. The van der Waals surface area contributed by atoms with Crippen molar-refractivity contribution in [3.05, 3.63) is 35.9 Å². The summed E-state index contributed by atoms with van der Waals surface area (Å²) in [4.78, 5) is 0. The molecule has 0 aromatic heterocycles. The minimum atomic E-state index is -1.50. The van der Waals surface area contributed by atoms with Gasteiger partial charge in [-0.2, -0.15) is 0 Å². The topological polar surface area (TPSA) is 35.2 Å². The van der Waals surface area contributed by atoms with Gasteiger partial charge in [-0.3, -0.25) is 0 Å². The third-order valence-corrected chi connectivity index (χ3v) is 9.33. The van der Waals surface area contributed by atoms with E-state index < -0.39 is 8.32 Å². The molecule has 0 radical (unpaired) electrons. The third-order valence-electron chi connectivity index (χ3n) is 2.82. The van der Waals surface area contributed by atoms with Crippen LogP contribution in [-0.2, 0) is 10.2 Å². The molecule has 15 heavy (non-hydrogen) atoms. The fourth-order valence-corrected chi connectivity index (χ4v) is 5.39. The molecular formula is C11H21NOSi2. The maximum atomic E-state index is 5.87. The zero-order chi connectivity index (χ0) is 11.1. The predicted molar refractivity (Wildman–Crippen MR) is 71.3 cm³/mol. The molecule has 84 valence electrons. The molecule has 1 atom stereocenters. The van der Waals surface area contributed by atoms with Crippen LogP contribution in [-0.4, -0.2) is 25.3 Å². The van der Waals surface area contributed by atoms with Gasteiger partial charge in [0.2, 0.25) is 0 Å². The Kier molecular flexibility index (Phi) is 5.24. The average Bonchev–Trinajstić information content (AvgIpc) is 2.28. The molecule has 2 N–H and O–H groups in total. The molecule has 0 fully saturated rings. The van der Waals surface area contributed by atoms with Crippen LogP contribution in [0.1, 0.15) is 12.0 Å². The summed E-state index contributed by atoms with van der Waals surface area (Å²) in [6.45, 7) is 3.10. The highest BCUT2D eigenvalue weighted by molar-refractivity contribution is 6.74. The minimum Gasteiger partial charge on any atom is -0.463 e. The monoisotopic (exact) mass is 239 g/mol. The second kappa shape index (κ2) is 6.22. The maximum absolute atomic E-state index is 5.87. The van der Waals surface area contributed by atoms with Gasteiger partial charge in [0.1, 0.15) is 10.5 Å². The normalized spacial score (nSPS) is 15.1. The summed E-state index contributed by atoms with van der Waals surface area (Å²) in [5.41, 5.74) is 6.96. The highest BCUT2D eigenvalue weighted by Crippen LogP contribution is 2.18. The zero-order valence-electron chi connectivity index (χ0n) is 9.70. The van der Waals surface area contributed by atoms with Crippen LogP contribution in [0.15, 0.2) is 30.3 Å². The summed E-state index contributed by atoms with van der Waals surface area (Å²) in [5, 5.41) is 0. The minimum absolute atomic E-state index is 0.780. The SMILES string of the molecule is C[Si](CCCN)(Cc1ccccc1)O[SiH3]. The molecule has 0 aliphatic heterocycles. The molecule has 0 saturated carbocycles. The van der Waals surface area contributed by atoms with Crippen molar-refractivity contribution in [1.29, 1.82) is 0 Å². The summed E-state index contributed by atoms with van der Waals surface area (Å²) in [6, 6.07) is 12.9. The predicted octanol–water partition coefficient (Wildman–Crippen LogP) is 0.989. The summed E-state index contributed by atoms with van der Waals surface area (Å²) < 4.78 is 5.87. The van der Waals surface area contributed by atoms with Crippen LogP contribution >= 0.6 is 0 Å². The Morgan fingerprint density at radius 1 is 1.33 bits per heavy atom. The number of nitrogens with two attached hydrogens (primary N) is 1. The Morgan fingerprint density at radius 2 is 2.00 bits per heavy atom. The zero-order valence-corrected chi connectivity index (χ0v) is 12.7. The first kappa shape index (κ1) is 12.6. The Labute approximate surface area is 96.5 Å². The van der Waals surface area contributed by atoms with Crippen molar-refractivity contribution >= 4 is 18.8 Å². The number of benzene rings is 1. The lowest BCUT2D eigenvalue weighted by Gasteiger charge is -2.26. The number of hydrogen-bond donors (Lipinski definition) is 1. The molecule has 0 amide bonds. The second-order valence-electron chi connectivity index (χ2n) is 4.21. The molecule has 1 aromatic rings. The first-order chi connectivity index (χ1) is 7.20. The van der Waals surface area contributed by atoms with E-state index in [9.17, 15) is 0 Å². The first-order valence-corrected chi connectivity index (χ1v) is 9.13. The van der Waals surface area contributed by atoms with Crippen LogP contribution in [0, 0.1) is 0 Å². The number of rotatable bonds is 6. The molecular weight excluding hydrogens is 218 g/mol. The van der Waals surface area contributed by atoms with Gasteiger partial charge in [0.25, 0.3) is 0 Å². The lowest BCUT2D eigenvalue weighted by atomic mass is 10.2. The fourth-order valence-electron chi connectivity index (χ4n) is 1.77. The highest BCUT2D eigenvalue weighted by atomic mass is 28.4. The summed E-state index contributed by atoms with van der Waals surface area (Å²) in [5.74, 6) is 0. The average molecular weight is 239 g/mol. The van der Waals surface area contributed by atoms with E-state index in [1.54, 1.807) is 0 Å². The van der Waals surface area contributed by atoms with Crippen LogP contribution < -0.4 is 5.73 Å². The van der Waals surface area contributed by atoms with Crippen molar-refractivity contribution in [3.8, 4) is 0 Å². The Hall–Kier alpha value is -0.426. The summed E-state index contributed by atoms with van der Waals surface area (Å²) >= 11 is 0. The van der Waals surface area contributed by atoms with E-state index >= 15 is 0 Å². The molecule has 0 aliphatic rings. The van der Waals surface area contributed by atoms with Gasteiger partial charge in [-0.15, -0.1) is 0 Å². The van der Waals surface area contributed by atoms with Crippen molar-refractivity contribution in [2.24, 2.45) is 5.73 Å². The Morgan fingerprint density at radius 3 is 2.53 bits per heavy atom. The lowest BCUT2D eigenvalue weighted by Crippen LogP contribution is -2.37. The molecule has 1 aromatic carbocycles. The second-order valence-corrected chi connectivity index (χ2v) is 9.59. The van der Waals surface area contributed by atoms with Crippen molar-refractivity contribution in [2.45, 2.75) is 25.1 Å². The summed E-state index contributed by atoms with van der Waals surface area (Å²) in [6.07, 6.45) is 1.10. The van der Waals surface area contributed by atoms with Gasteiger partial charge in [-0.05, 0) is 37.2 Å². The molecule has 2 nitrogen and oxygen atoms in total. The van der Waals surface area contributed by atoms with E-state index in [1.165, 1.54) is 11.6 Å². The van der Waals surface area contributed by atoms with E-state index in [0.717, 1.165) is 29.5 Å². The molecule has 1 rings (SSSR count). The first-order valence-electron chi connectivity index (χ1n) is 5.49. The van der Waals surface area contributed by atoms with Gasteiger partial charge in [0, 0.05) is 0 Å². The molecule has 0 spiro atoms. The van der Waals surface area contributed by atoms with Crippen LogP contribution in [0.4, 0.5) is 0 Å². The standard InChI is InChI=1S/C11H21NOSi2/c1-15(13-14,9-5-8-12)10-11-6-3-2-4-7-11/h2-4,6-7H,5,8-10,12H2,1,14H3. The van der Waals surface area contributed by atoms with Gasteiger partial charge in [-0.1, -0.05) is 30.3 Å². The van der Waals surface area contributed by atoms with Gasteiger partial charge in [-0.25, -0.2) is 0 Å². The van der Waals surface area contributed by atoms with Gasteiger partial charge < -0.3 is 9.85 Å². The Bertz CT molecular complexity index is 281. The molecule has 4 heteroatoms. The molecule has 0 bridgehead atoms. The van der Waals surface area contributed by atoms with Crippen LogP contribution in [0.25, 0.3) is 0 Å². The van der Waals surface area contributed by atoms with E-state index in [2.05, 4.69) is 36.9 Å². The molecule has 1 unspecified atom stereocenters. The van der Waals surface area contributed by atoms with E-state index in [0.29, 0.717) is 0 Å².